The van der Waals surface area contributed by atoms with Gasteiger partial charge < -0.3 is 13.6 Å². The van der Waals surface area contributed by atoms with Gasteiger partial charge in [-0.1, -0.05) is 248 Å². The average Bonchev–Trinajstić information content (AvgIpc) is 1.63. The van der Waals surface area contributed by atoms with Gasteiger partial charge in [0.1, 0.15) is 5.58 Å². The normalized spacial score (nSPS) is 12.8. The Morgan fingerprint density at radius 1 is 0.318 bits per heavy atom. The highest BCUT2D eigenvalue weighted by atomic mass is 16.3. The summed E-state index contributed by atoms with van der Waals surface area (Å²) < 4.78 is 11.6. The van der Waals surface area contributed by atoms with Crippen LogP contribution in [0.1, 0.15) is 126 Å². The molecule has 0 radical (unpaired) electrons. The van der Waals surface area contributed by atoms with E-state index in [-0.39, 0.29) is 5.41 Å². The van der Waals surface area contributed by atoms with E-state index in [1.165, 1.54) is 200 Å². The SMILES string of the molecule is CCCCCCCCC1(CCCCCCCC)c2cc(-c3ccc(-c4ccc(C)cc4)cc3)ccc2-c2ccc(-c3cc(C)cc(-n4c5ccccc5c5cc(-c6ccc7c(c6)c6ccc8c9ccccc9oc8c6n7-c6ccccc6)ccc54)c3)cc21. The predicted molar refractivity (Wildman–Crippen MR) is 376 cm³/mol. The smallest absolute Gasteiger partial charge is 0.160 e. The Labute approximate surface area is 518 Å². The summed E-state index contributed by atoms with van der Waals surface area (Å²) in [6.07, 6.45) is 17.9. The Balaban J connectivity index is 0.819. The summed E-state index contributed by atoms with van der Waals surface area (Å²) in [7, 11) is 0. The third-order valence-electron chi connectivity index (χ3n) is 19.8. The van der Waals surface area contributed by atoms with E-state index in [9.17, 15) is 0 Å². The molecule has 0 saturated carbocycles. The van der Waals surface area contributed by atoms with Crippen LogP contribution in [0, 0.1) is 13.8 Å². The van der Waals surface area contributed by atoms with Crippen molar-refractivity contribution in [2.24, 2.45) is 0 Å². The standard InChI is InChI=1S/C85H78N2O/c1-5-7-9-11-13-22-48-85(49-23-14-12-10-8-6-2)77-55-64(61-36-34-60(35-37-61)59-32-30-57(3)31-33-59)38-42-69(77)70-43-39-65(56-78(70)85)66-50-58(4)51-68(52-66)86-79-28-20-18-26-71(79)75-53-62(40-46-80(75)86)63-41-47-81-76(54-63)73-44-45-74-72-27-19-21-29-82(72)88-84(74)83(73)87(81)67-24-16-15-17-25-67/h15-21,24-47,50-56H,5-14,22-23,48-49H2,1-4H3. The number of aryl methyl sites for hydroxylation is 2. The number of furan rings is 1. The number of benzene rings is 11. The Bertz CT molecular complexity index is 4880. The third kappa shape index (κ3) is 9.84. The van der Waals surface area contributed by atoms with Crippen molar-refractivity contribution in [3.63, 3.8) is 0 Å². The number of fused-ring (bicyclic) bond motifs is 13. The molecule has 0 bridgehead atoms. The van der Waals surface area contributed by atoms with Crippen molar-refractivity contribution >= 4 is 65.6 Å². The van der Waals surface area contributed by atoms with Crippen LogP contribution in [-0.2, 0) is 5.41 Å². The van der Waals surface area contributed by atoms with Crippen LogP contribution in [-0.4, -0.2) is 9.13 Å². The van der Waals surface area contributed by atoms with Gasteiger partial charge in [0.25, 0.3) is 0 Å². The first-order valence-corrected chi connectivity index (χ1v) is 32.9. The average molecular weight is 1140 g/mol. The van der Waals surface area contributed by atoms with Gasteiger partial charge in [0.15, 0.2) is 5.58 Å². The van der Waals surface area contributed by atoms with Gasteiger partial charge in [0.2, 0.25) is 0 Å². The first-order valence-electron chi connectivity index (χ1n) is 32.9. The van der Waals surface area contributed by atoms with E-state index in [1.54, 1.807) is 5.56 Å². The van der Waals surface area contributed by atoms with Gasteiger partial charge in [-0.25, -0.2) is 0 Å². The van der Waals surface area contributed by atoms with Gasteiger partial charge in [-0.15, -0.1) is 0 Å². The molecule has 434 valence electrons. The molecule has 14 aromatic rings. The molecule has 0 aliphatic heterocycles. The zero-order valence-corrected chi connectivity index (χ0v) is 51.6. The van der Waals surface area contributed by atoms with E-state index in [1.807, 2.05) is 0 Å². The summed E-state index contributed by atoms with van der Waals surface area (Å²) in [5.74, 6) is 0. The zero-order chi connectivity index (χ0) is 59.3. The maximum Gasteiger partial charge on any atom is 0.160 e. The monoisotopic (exact) mass is 1140 g/mol. The molecule has 0 saturated heterocycles. The van der Waals surface area contributed by atoms with Gasteiger partial charge in [-0.3, -0.25) is 0 Å². The lowest BCUT2D eigenvalue weighted by molar-refractivity contribution is 0.398. The Morgan fingerprint density at radius 3 is 1.47 bits per heavy atom. The number of para-hydroxylation sites is 3. The van der Waals surface area contributed by atoms with Gasteiger partial charge in [0.05, 0.1) is 22.1 Å². The summed E-state index contributed by atoms with van der Waals surface area (Å²) >= 11 is 0. The summed E-state index contributed by atoms with van der Waals surface area (Å²) in [4.78, 5) is 0. The fourth-order valence-corrected chi connectivity index (χ4v) is 15.3. The molecule has 3 heterocycles. The summed E-state index contributed by atoms with van der Waals surface area (Å²) in [5.41, 5.74) is 27.3. The maximum atomic E-state index is 6.74. The van der Waals surface area contributed by atoms with Crippen molar-refractivity contribution in [3.8, 4) is 67.0 Å². The zero-order valence-electron chi connectivity index (χ0n) is 51.6. The van der Waals surface area contributed by atoms with Crippen LogP contribution in [0.2, 0.25) is 0 Å². The van der Waals surface area contributed by atoms with Gasteiger partial charge in [0, 0.05) is 49.1 Å². The fraction of sp³-hybridized carbons (Fsp3) is 0.224. The molecule has 0 atom stereocenters. The van der Waals surface area contributed by atoms with Crippen molar-refractivity contribution in [2.75, 3.05) is 0 Å². The van der Waals surface area contributed by atoms with Crippen LogP contribution in [0.5, 0.6) is 0 Å². The van der Waals surface area contributed by atoms with Crippen LogP contribution in [0.4, 0.5) is 0 Å². The Hall–Kier alpha value is -9.18. The number of nitrogens with zero attached hydrogens (tertiary/aromatic N) is 2. The number of hydrogen-bond acceptors (Lipinski definition) is 1. The van der Waals surface area contributed by atoms with Crippen LogP contribution < -0.4 is 0 Å². The minimum Gasteiger partial charge on any atom is -0.454 e. The topological polar surface area (TPSA) is 23.0 Å². The molecule has 3 nitrogen and oxygen atoms in total. The van der Waals surface area contributed by atoms with E-state index in [0.717, 1.165) is 38.7 Å². The van der Waals surface area contributed by atoms with E-state index in [0.29, 0.717) is 0 Å². The highest BCUT2D eigenvalue weighted by Gasteiger charge is 2.43. The van der Waals surface area contributed by atoms with Crippen LogP contribution in [0.25, 0.3) is 133 Å². The van der Waals surface area contributed by atoms with Crippen molar-refractivity contribution in [2.45, 2.75) is 123 Å². The number of rotatable bonds is 20. The molecule has 88 heavy (non-hydrogen) atoms. The Kier molecular flexibility index (Phi) is 14.8. The minimum atomic E-state index is -0.0737. The summed E-state index contributed by atoms with van der Waals surface area (Å²) in [6.45, 7) is 9.10. The minimum absolute atomic E-state index is 0.0737. The summed E-state index contributed by atoms with van der Waals surface area (Å²) in [6, 6.07) is 87.4. The molecule has 1 aliphatic carbocycles. The maximum absolute atomic E-state index is 6.74. The molecule has 11 aromatic carbocycles. The molecule has 0 N–H and O–H groups in total. The molecule has 3 heteroatoms. The molecular weight excluding hydrogens is 1060 g/mol. The predicted octanol–water partition coefficient (Wildman–Crippen LogP) is 24.8. The molecule has 0 fully saturated rings. The van der Waals surface area contributed by atoms with Crippen LogP contribution >= 0.6 is 0 Å². The van der Waals surface area contributed by atoms with Crippen LogP contribution in [0.3, 0.4) is 0 Å². The molecule has 15 rings (SSSR count). The van der Waals surface area contributed by atoms with E-state index in [4.69, 9.17) is 4.42 Å². The lowest BCUT2D eigenvalue weighted by atomic mass is 9.70. The molecule has 0 amide bonds. The van der Waals surface area contributed by atoms with E-state index in [2.05, 4.69) is 267 Å². The van der Waals surface area contributed by atoms with Gasteiger partial charge >= 0.3 is 0 Å². The summed E-state index contributed by atoms with van der Waals surface area (Å²) in [5, 5.41) is 7.16. The lowest BCUT2D eigenvalue weighted by Gasteiger charge is -2.33. The number of hydrogen-bond donors (Lipinski definition) is 0. The third-order valence-corrected chi connectivity index (χ3v) is 19.8. The number of aromatic nitrogens is 2. The molecule has 1 aliphatic rings. The van der Waals surface area contributed by atoms with Crippen LogP contribution in [0.15, 0.2) is 235 Å². The number of unbranched alkanes of at least 4 members (excludes halogenated alkanes) is 10. The van der Waals surface area contributed by atoms with Crippen molar-refractivity contribution in [1.82, 2.24) is 9.13 Å². The molecular formula is C85H78N2O. The highest BCUT2D eigenvalue weighted by molar-refractivity contribution is 6.22. The highest BCUT2D eigenvalue weighted by Crippen LogP contribution is 2.56. The largest absolute Gasteiger partial charge is 0.454 e. The van der Waals surface area contributed by atoms with Gasteiger partial charge in [-0.05, 0) is 178 Å². The second-order valence-electron chi connectivity index (χ2n) is 25.6. The van der Waals surface area contributed by atoms with E-state index < -0.39 is 0 Å². The lowest BCUT2D eigenvalue weighted by Crippen LogP contribution is -2.25. The first kappa shape index (κ1) is 55.4. The van der Waals surface area contributed by atoms with Gasteiger partial charge in [-0.2, -0.15) is 0 Å². The second kappa shape index (κ2) is 23.5. The molecule has 0 spiro atoms. The Morgan fingerprint density at radius 2 is 0.807 bits per heavy atom. The first-order chi connectivity index (χ1) is 43.3. The van der Waals surface area contributed by atoms with Crippen molar-refractivity contribution < 1.29 is 4.42 Å². The molecule has 3 aromatic heterocycles. The second-order valence-corrected chi connectivity index (χ2v) is 25.6. The fourth-order valence-electron chi connectivity index (χ4n) is 15.3. The quantitative estimate of drug-likeness (QED) is 0.0698. The van der Waals surface area contributed by atoms with Crippen molar-refractivity contribution in [3.05, 3.63) is 253 Å². The van der Waals surface area contributed by atoms with Crippen molar-refractivity contribution in [1.29, 1.82) is 0 Å². The molecule has 0 unspecified atom stereocenters. The van der Waals surface area contributed by atoms with E-state index >= 15 is 0 Å².